The zero-order valence-electron chi connectivity index (χ0n) is 9.67. The first kappa shape index (κ1) is 14.2. The van der Waals surface area contributed by atoms with E-state index in [-0.39, 0.29) is 10.9 Å². The van der Waals surface area contributed by atoms with Gasteiger partial charge in [-0.1, -0.05) is 0 Å². The van der Waals surface area contributed by atoms with Crippen molar-refractivity contribution in [3.63, 3.8) is 0 Å². The molecule has 101 valence electrons. The molecule has 6 nitrogen and oxygen atoms in total. The molecule has 0 atom stereocenters. The van der Waals surface area contributed by atoms with E-state index in [4.69, 9.17) is 0 Å². The fourth-order valence-corrected chi connectivity index (χ4v) is 5.82. The standard InChI is InChI=1S/C5H5.C2H3.3CHO2.CH3.Mn/c1-2-4-5-3-1;1-2;3*2-1-3;;/h1-3H,4H2;1H,2H2;3*(H,2,3);1H3;. The van der Waals surface area contributed by atoms with E-state index in [0.717, 1.165) is 5.82 Å². The molecule has 3 N–H and O–H groups in total. The summed E-state index contributed by atoms with van der Waals surface area (Å²) in [7, 11) is -6.31. The molecule has 0 aromatic rings. The molecule has 18 heavy (non-hydrogen) atoms. The third-order valence-corrected chi connectivity index (χ3v) is 12.3. The van der Waals surface area contributed by atoms with E-state index >= 15 is 0 Å². The van der Waals surface area contributed by atoms with Gasteiger partial charge in [-0.2, -0.15) is 0 Å². The van der Waals surface area contributed by atoms with Crippen molar-refractivity contribution in [3.05, 3.63) is 34.3 Å². The normalized spacial score (nSPS) is 18.4. The summed E-state index contributed by atoms with van der Waals surface area (Å²) >= 11 is 0. The fraction of sp³-hybridized carbons (Fsp3) is 0.182. The quantitative estimate of drug-likeness (QED) is 0.671. The average Bonchev–Trinajstić information content (AvgIpc) is 2.81. The van der Waals surface area contributed by atoms with Gasteiger partial charge in [0.1, 0.15) is 0 Å². The molecule has 0 saturated heterocycles. The Labute approximate surface area is 102 Å². The van der Waals surface area contributed by atoms with E-state index in [1.165, 1.54) is 18.2 Å². The van der Waals surface area contributed by atoms with Crippen molar-refractivity contribution in [2.45, 2.75) is 12.2 Å². The summed E-state index contributed by atoms with van der Waals surface area (Å²) in [6.45, 7) is 3.24. The predicted octanol–water partition coefficient (Wildman–Crippen LogP) is 3.28. The van der Waals surface area contributed by atoms with E-state index in [1.807, 2.05) is 0 Å². The molecule has 0 amide bonds. The summed E-state index contributed by atoms with van der Waals surface area (Å²) in [4.78, 5) is 30.3. The molecule has 0 bridgehead atoms. The maximum absolute atomic E-state index is 11.7. The Morgan fingerprint density at radius 1 is 1.22 bits per heavy atom. The predicted molar refractivity (Wildman–Crippen MR) is 62.0 cm³/mol. The Balaban J connectivity index is 4.05. The second kappa shape index (κ2) is 3.34. The van der Waals surface area contributed by atoms with Crippen molar-refractivity contribution in [1.29, 1.82) is 0 Å². The maximum atomic E-state index is 11.7. The SMILES string of the molecule is C=[CH][Mn]([CH3])([C](=O)O)([C](=O)O)([C](=O)O)[C]1=CC=CC1. The zero-order valence-corrected chi connectivity index (χ0v) is 10.8. The van der Waals surface area contributed by atoms with Crippen LogP contribution in [0, 0.1) is 0 Å². The number of carboxylic acid groups (broad SMARTS) is 3. The topological polar surface area (TPSA) is 112 Å². The zero-order chi connectivity index (χ0) is 14.3. The molecule has 0 unspecified atom stereocenters. The molecule has 0 aromatic heterocycles. The van der Waals surface area contributed by atoms with Crippen LogP contribution in [0.3, 0.4) is 0 Å². The van der Waals surface area contributed by atoms with E-state index < -0.39 is 25.3 Å². The Kier molecular flexibility index (Phi) is 2.63. The van der Waals surface area contributed by atoms with Crippen LogP contribution in [0.2, 0.25) is 5.82 Å². The number of hydrogen-bond donors (Lipinski definition) is 3. The van der Waals surface area contributed by atoms with Gasteiger partial charge >= 0.3 is 102 Å². The van der Waals surface area contributed by atoms with Gasteiger partial charge in [0.25, 0.3) is 0 Å². The number of hydrogen-bond acceptors (Lipinski definition) is 3. The molecular weight excluding hydrogens is 283 g/mol. The Morgan fingerprint density at radius 3 is 1.89 bits per heavy atom. The number of carbonyl (C=O) groups is 3. The van der Waals surface area contributed by atoms with Gasteiger partial charge < -0.3 is 0 Å². The van der Waals surface area contributed by atoms with E-state index in [2.05, 4.69) is 6.58 Å². The third-order valence-electron chi connectivity index (χ3n) is 3.43. The van der Waals surface area contributed by atoms with Gasteiger partial charge in [0.2, 0.25) is 0 Å². The second-order valence-corrected chi connectivity index (χ2v) is 13.1. The van der Waals surface area contributed by atoms with Gasteiger partial charge in [-0.05, 0) is 0 Å². The van der Waals surface area contributed by atoms with E-state index in [0.29, 0.717) is 4.97 Å². The van der Waals surface area contributed by atoms with Gasteiger partial charge in [0.15, 0.2) is 0 Å². The van der Waals surface area contributed by atoms with Crippen LogP contribution in [0.4, 0.5) is 14.4 Å². The molecule has 1 aliphatic carbocycles. The van der Waals surface area contributed by atoms with Crippen molar-refractivity contribution in [2.75, 3.05) is 0 Å². The summed E-state index contributed by atoms with van der Waals surface area (Å²) in [5, 5.41) is 28.5. The molecule has 0 aliphatic heterocycles. The Morgan fingerprint density at radius 2 is 1.67 bits per heavy atom. The molecule has 0 spiro atoms. The summed E-state index contributed by atoms with van der Waals surface area (Å²) in [5.41, 5.74) is 0. The first-order valence-electron chi connectivity index (χ1n) is 4.76. The van der Waals surface area contributed by atoms with Crippen LogP contribution in [0.15, 0.2) is 34.3 Å². The molecule has 0 fully saturated rings. The van der Waals surface area contributed by atoms with Crippen LogP contribution in [-0.4, -0.2) is 29.9 Å². The second-order valence-electron chi connectivity index (χ2n) is 4.14. The van der Waals surface area contributed by atoms with Gasteiger partial charge in [0.05, 0.1) is 0 Å². The first-order chi connectivity index (χ1) is 8.13. The molecule has 1 aliphatic rings. The molecule has 7 heteroatoms. The van der Waals surface area contributed by atoms with E-state index in [9.17, 15) is 29.7 Å². The van der Waals surface area contributed by atoms with Crippen LogP contribution in [0.5, 0.6) is 0 Å². The summed E-state index contributed by atoms with van der Waals surface area (Å²) in [5.74, 6) is 0.815. The molecule has 0 radical (unpaired) electrons. The van der Waals surface area contributed by atoms with Gasteiger partial charge in [-0.25, -0.2) is 0 Å². The van der Waals surface area contributed by atoms with Crippen LogP contribution in [0.1, 0.15) is 6.42 Å². The Bertz CT molecular complexity index is 514. The van der Waals surface area contributed by atoms with Crippen LogP contribution in [0.25, 0.3) is 0 Å². The van der Waals surface area contributed by atoms with Gasteiger partial charge in [-0.3, -0.25) is 0 Å². The first-order valence-corrected chi connectivity index (χ1v) is 8.98. The fourth-order valence-electron chi connectivity index (χ4n) is 1.67. The number of rotatable bonds is 5. The van der Waals surface area contributed by atoms with Crippen LogP contribution >= 0.6 is 0 Å². The van der Waals surface area contributed by atoms with Gasteiger partial charge in [0, 0.05) is 0 Å². The van der Waals surface area contributed by atoms with Crippen LogP contribution < -0.4 is 0 Å². The molecule has 0 aromatic carbocycles. The van der Waals surface area contributed by atoms with Crippen molar-refractivity contribution >= 4 is 14.6 Å². The van der Waals surface area contributed by atoms with Crippen molar-refractivity contribution in [1.82, 2.24) is 0 Å². The third kappa shape index (κ3) is 0.973. The van der Waals surface area contributed by atoms with Crippen molar-refractivity contribution in [3.8, 4) is 0 Å². The Hall–Kier alpha value is -1.85. The molecule has 0 saturated carbocycles. The minimum absolute atomic E-state index is 0.0158. The monoisotopic (exact) mass is 297 g/mol. The number of allylic oxidation sites excluding steroid dienone is 4. The molecular formula is C11H14MnO6. The summed E-state index contributed by atoms with van der Waals surface area (Å²) in [6, 6.07) is 0. The molecule has 0 heterocycles. The van der Waals surface area contributed by atoms with Crippen molar-refractivity contribution < 1.29 is 40.4 Å². The van der Waals surface area contributed by atoms with E-state index in [1.54, 1.807) is 0 Å². The minimum atomic E-state index is -6.31. The van der Waals surface area contributed by atoms with Gasteiger partial charge in [-0.15, -0.1) is 0 Å². The van der Waals surface area contributed by atoms with Crippen molar-refractivity contribution in [2.24, 2.45) is 0 Å². The summed E-state index contributed by atoms with van der Waals surface area (Å²) in [6.07, 6.45) is 4.21. The van der Waals surface area contributed by atoms with Crippen LogP contribution in [-0.2, 0) is 10.7 Å². The summed E-state index contributed by atoms with van der Waals surface area (Å²) < 4.78 is -0.117. The molecule has 1 rings (SSSR count). The average molecular weight is 297 g/mol.